The van der Waals surface area contributed by atoms with Gasteiger partial charge in [0.05, 0.1) is 6.54 Å². The summed E-state index contributed by atoms with van der Waals surface area (Å²) >= 11 is 0. The molecular weight excluding hydrogens is 256 g/mol. The van der Waals surface area contributed by atoms with Crippen molar-refractivity contribution in [1.82, 2.24) is 0 Å². The minimum atomic E-state index is -1.64. The second kappa shape index (κ2) is 4.49. The van der Waals surface area contributed by atoms with Crippen LogP contribution in [0.1, 0.15) is 22.8 Å². The zero-order chi connectivity index (χ0) is 14.2. The standard InChI is InChI=1S/C12H13F2N3O2/c1-12(9(14)5-17-11(16)19-12)7-4-6(10(15)18)2-3-8(7)13/h2-4,9H,5H2,1H3,(H2,15,18)(H2,16,17)/t9-,12+/m0/s1. The van der Waals surface area contributed by atoms with Crippen molar-refractivity contribution in [1.29, 1.82) is 0 Å². The Kier molecular flexibility index (Phi) is 3.13. The van der Waals surface area contributed by atoms with Gasteiger partial charge in [-0.25, -0.2) is 13.8 Å². The smallest absolute Gasteiger partial charge is 0.283 e. The Morgan fingerprint density at radius 2 is 2.26 bits per heavy atom. The molecule has 1 aliphatic rings. The normalized spacial score (nSPS) is 26.5. The molecule has 1 heterocycles. The molecule has 0 aliphatic carbocycles. The highest BCUT2D eigenvalue weighted by Crippen LogP contribution is 2.35. The van der Waals surface area contributed by atoms with Crippen LogP contribution < -0.4 is 11.5 Å². The van der Waals surface area contributed by atoms with Crippen molar-refractivity contribution in [2.45, 2.75) is 18.7 Å². The second-order valence-corrected chi connectivity index (χ2v) is 4.41. The first-order chi connectivity index (χ1) is 8.84. The zero-order valence-electron chi connectivity index (χ0n) is 10.2. The van der Waals surface area contributed by atoms with E-state index < -0.39 is 23.5 Å². The van der Waals surface area contributed by atoms with E-state index in [1.165, 1.54) is 19.1 Å². The van der Waals surface area contributed by atoms with E-state index in [0.29, 0.717) is 0 Å². The fourth-order valence-electron chi connectivity index (χ4n) is 1.94. The number of primary amides is 1. The quantitative estimate of drug-likeness (QED) is 0.832. The van der Waals surface area contributed by atoms with E-state index in [-0.39, 0.29) is 23.7 Å². The van der Waals surface area contributed by atoms with Crippen LogP contribution in [0.3, 0.4) is 0 Å². The summed E-state index contributed by atoms with van der Waals surface area (Å²) in [5.74, 6) is -1.44. The van der Waals surface area contributed by atoms with E-state index in [1.807, 2.05) is 0 Å². The van der Waals surface area contributed by atoms with Gasteiger partial charge in [0, 0.05) is 11.1 Å². The Morgan fingerprint density at radius 3 is 2.89 bits per heavy atom. The van der Waals surface area contributed by atoms with Crippen molar-refractivity contribution in [3.05, 3.63) is 35.1 Å². The summed E-state index contributed by atoms with van der Waals surface area (Å²) in [5, 5.41) is 0. The number of halogens is 2. The molecule has 2 rings (SSSR count). The van der Waals surface area contributed by atoms with Crippen LogP contribution in [0.2, 0.25) is 0 Å². The van der Waals surface area contributed by atoms with Gasteiger partial charge in [0.15, 0.2) is 11.8 Å². The van der Waals surface area contributed by atoms with Gasteiger partial charge < -0.3 is 16.2 Å². The Hall–Kier alpha value is -2.18. The van der Waals surface area contributed by atoms with Crippen LogP contribution in [0.5, 0.6) is 0 Å². The summed E-state index contributed by atoms with van der Waals surface area (Å²) in [6, 6.07) is 3.21. The molecule has 5 nitrogen and oxygen atoms in total. The van der Waals surface area contributed by atoms with Crippen molar-refractivity contribution in [2.75, 3.05) is 6.54 Å². The lowest BCUT2D eigenvalue weighted by molar-refractivity contribution is -0.0232. The number of ether oxygens (including phenoxy) is 1. The molecule has 19 heavy (non-hydrogen) atoms. The predicted octanol–water partition coefficient (Wildman–Crippen LogP) is 0.823. The molecule has 0 aromatic heterocycles. The largest absolute Gasteiger partial charge is 0.451 e. The maximum atomic E-state index is 14.0. The van der Waals surface area contributed by atoms with Crippen molar-refractivity contribution in [3.63, 3.8) is 0 Å². The number of aliphatic imine (C=N–C) groups is 1. The lowest BCUT2D eigenvalue weighted by Gasteiger charge is -2.36. The highest BCUT2D eigenvalue weighted by molar-refractivity contribution is 5.93. The molecule has 102 valence electrons. The zero-order valence-corrected chi connectivity index (χ0v) is 10.2. The van der Waals surface area contributed by atoms with Crippen LogP contribution in [-0.2, 0) is 10.3 Å². The number of nitrogens with two attached hydrogens (primary N) is 2. The molecule has 1 aromatic carbocycles. The molecule has 0 spiro atoms. The number of amidine groups is 1. The number of rotatable bonds is 2. The van der Waals surface area contributed by atoms with Gasteiger partial charge in [0.1, 0.15) is 5.82 Å². The highest BCUT2D eigenvalue weighted by atomic mass is 19.1. The monoisotopic (exact) mass is 269 g/mol. The molecule has 0 fully saturated rings. The second-order valence-electron chi connectivity index (χ2n) is 4.41. The minimum Gasteiger partial charge on any atom is -0.451 e. The highest BCUT2D eigenvalue weighted by Gasteiger charge is 2.44. The number of nitrogens with zero attached hydrogens (tertiary/aromatic N) is 1. The lowest BCUT2D eigenvalue weighted by Crippen LogP contribution is -2.46. The molecule has 2 atom stereocenters. The Bertz CT molecular complexity index is 562. The average molecular weight is 269 g/mol. The molecule has 0 unspecified atom stereocenters. The molecule has 1 aliphatic heterocycles. The van der Waals surface area contributed by atoms with E-state index in [1.54, 1.807) is 0 Å². The van der Waals surface area contributed by atoms with Crippen molar-refractivity contribution in [3.8, 4) is 0 Å². The first-order valence-electron chi connectivity index (χ1n) is 5.57. The number of alkyl halides is 1. The van der Waals surface area contributed by atoms with Crippen LogP contribution in [0.15, 0.2) is 23.2 Å². The number of hydrogen-bond donors (Lipinski definition) is 2. The Morgan fingerprint density at radius 1 is 1.58 bits per heavy atom. The maximum absolute atomic E-state index is 14.0. The van der Waals surface area contributed by atoms with Gasteiger partial charge in [-0.1, -0.05) is 0 Å². The van der Waals surface area contributed by atoms with Crippen LogP contribution in [0.25, 0.3) is 0 Å². The molecular formula is C12H13F2N3O2. The molecule has 4 N–H and O–H groups in total. The molecule has 0 bridgehead atoms. The van der Waals surface area contributed by atoms with Gasteiger partial charge in [-0.3, -0.25) is 4.79 Å². The molecule has 1 amide bonds. The van der Waals surface area contributed by atoms with E-state index in [4.69, 9.17) is 16.2 Å². The first-order valence-corrected chi connectivity index (χ1v) is 5.57. The van der Waals surface area contributed by atoms with Crippen LogP contribution in [0, 0.1) is 5.82 Å². The van der Waals surface area contributed by atoms with Crippen molar-refractivity contribution < 1.29 is 18.3 Å². The Labute approximate surface area is 108 Å². The van der Waals surface area contributed by atoms with E-state index in [9.17, 15) is 13.6 Å². The van der Waals surface area contributed by atoms with E-state index in [0.717, 1.165) is 6.07 Å². The third kappa shape index (κ3) is 2.23. The number of amides is 1. The SMILES string of the molecule is C[C@]1(c2cc(C(N)=O)ccc2F)OC(N)=NC[C@@H]1F. The predicted molar refractivity (Wildman–Crippen MR) is 64.7 cm³/mol. The number of hydrogen-bond acceptors (Lipinski definition) is 4. The van der Waals surface area contributed by atoms with Crippen LogP contribution in [0.4, 0.5) is 8.78 Å². The topological polar surface area (TPSA) is 90.7 Å². The molecule has 0 radical (unpaired) electrons. The molecule has 7 heteroatoms. The van der Waals surface area contributed by atoms with Crippen LogP contribution in [-0.4, -0.2) is 24.6 Å². The van der Waals surface area contributed by atoms with E-state index >= 15 is 0 Å². The number of carbonyl (C=O) groups excluding carboxylic acids is 1. The Balaban J connectivity index is 2.53. The molecule has 0 saturated carbocycles. The third-order valence-electron chi connectivity index (χ3n) is 3.11. The number of carbonyl (C=O) groups is 1. The summed E-state index contributed by atoms with van der Waals surface area (Å²) in [4.78, 5) is 14.7. The summed E-state index contributed by atoms with van der Waals surface area (Å²) in [7, 11) is 0. The maximum Gasteiger partial charge on any atom is 0.283 e. The number of benzene rings is 1. The first kappa shape index (κ1) is 13.3. The fraction of sp³-hybridized carbons (Fsp3) is 0.333. The summed E-state index contributed by atoms with van der Waals surface area (Å²) < 4.78 is 33.1. The van der Waals surface area contributed by atoms with Gasteiger partial charge >= 0.3 is 0 Å². The van der Waals surface area contributed by atoms with E-state index in [2.05, 4.69) is 4.99 Å². The van der Waals surface area contributed by atoms with Gasteiger partial charge in [-0.05, 0) is 25.1 Å². The van der Waals surface area contributed by atoms with Crippen LogP contribution >= 0.6 is 0 Å². The third-order valence-corrected chi connectivity index (χ3v) is 3.11. The summed E-state index contributed by atoms with van der Waals surface area (Å²) in [6.45, 7) is 1.12. The summed E-state index contributed by atoms with van der Waals surface area (Å²) in [6.07, 6.45) is -1.59. The van der Waals surface area contributed by atoms with Crippen molar-refractivity contribution in [2.24, 2.45) is 16.5 Å². The molecule has 1 aromatic rings. The molecule has 0 saturated heterocycles. The van der Waals surface area contributed by atoms with Gasteiger partial charge in [-0.15, -0.1) is 0 Å². The van der Waals surface area contributed by atoms with Gasteiger partial charge in [0.25, 0.3) is 6.02 Å². The van der Waals surface area contributed by atoms with Crippen molar-refractivity contribution >= 4 is 11.9 Å². The lowest BCUT2D eigenvalue weighted by atomic mass is 9.88. The fourth-order valence-corrected chi connectivity index (χ4v) is 1.94. The average Bonchev–Trinajstić information content (AvgIpc) is 2.34. The summed E-state index contributed by atoms with van der Waals surface area (Å²) in [5.41, 5.74) is 8.84. The van der Waals surface area contributed by atoms with Gasteiger partial charge in [0.2, 0.25) is 5.91 Å². The van der Waals surface area contributed by atoms with Gasteiger partial charge in [-0.2, -0.15) is 0 Å². The minimum absolute atomic E-state index is 0.0644.